The van der Waals surface area contributed by atoms with Gasteiger partial charge in [0, 0.05) is 30.4 Å². The van der Waals surface area contributed by atoms with Crippen LogP contribution < -0.4 is 5.32 Å². The normalized spacial score (nSPS) is 16.1. The predicted molar refractivity (Wildman–Crippen MR) is 62.4 cm³/mol. The number of nitrogens with zero attached hydrogens (tertiary/aromatic N) is 1. The molecule has 1 aliphatic rings. The highest BCUT2D eigenvalue weighted by Gasteiger charge is 2.22. The van der Waals surface area contributed by atoms with Gasteiger partial charge in [0.2, 0.25) is 0 Å². The van der Waals surface area contributed by atoms with Gasteiger partial charge in [-0.15, -0.1) is 11.3 Å². The fraction of sp³-hybridized carbons (Fsp3) is 0.545. The number of fused-ring (bicyclic) bond motifs is 1. The van der Waals surface area contributed by atoms with Crippen molar-refractivity contribution in [3.8, 4) is 0 Å². The van der Waals surface area contributed by atoms with E-state index >= 15 is 0 Å². The summed E-state index contributed by atoms with van der Waals surface area (Å²) >= 11 is 1.71. The van der Waals surface area contributed by atoms with Crippen molar-refractivity contribution in [1.29, 1.82) is 0 Å². The molecule has 1 N–H and O–H groups in total. The molecule has 0 saturated carbocycles. The van der Waals surface area contributed by atoms with E-state index in [1.165, 1.54) is 10.4 Å². The molecule has 3 nitrogen and oxygen atoms in total. The van der Waals surface area contributed by atoms with Crippen LogP contribution in [0.2, 0.25) is 0 Å². The Balaban J connectivity index is 2.26. The molecule has 82 valence electrons. The second kappa shape index (κ2) is 4.33. The number of hydrogen-bond acceptors (Lipinski definition) is 3. The summed E-state index contributed by atoms with van der Waals surface area (Å²) in [6, 6.07) is 0. The van der Waals surface area contributed by atoms with Gasteiger partial charge in [-0.05, 0) is 18.5 Å². The summed E-state index contributed by atoms with van der Waals surface area (Å²) in [4.78, 5) is 15.4. The second-order valence-electron chi connectivity index (χ2n) is 3.75. The molecule has 1 amide bonds. The molecule has 15 heavy (non-hydrogen) atoms. The Bertz CT molecular complexity index is 373. The summed E-state index contributed by atoms with van der Waals surface area (Å²) in [5.41, 5.74) is 2.15. The zero-order valence-corrected chi connectivity index (χ0v) is 9.99. The van der Waals surface area contributed by atoms with E-state index in [9.17, 15) is 4.79 Å². The van der Waals surface area contributed by atoms with Crippen LogP contribution in [-0.4, -0.2) is 30.9 Å². The maximum Gasteiger partial charge on any atom is 0.252 e. The number of hydrogen-bond donors (Lipinski definition) is 1. The Kier molecular flexibility index (Phi) is 3.07. The molecular formula is C11H16N2OS. The zero-order valence-electron chi connectivity index (χ0n) is 9.17. The molecule has 0 aromatic carbocycles. The number of carbonyl (C=O) groups excluding carboxylic acids is 1. The van der Waals surface area contributed by atoms with Gasteiger partial charge in [0.05, 0.1) is 5.56 Å². The first-order chi connectivity index (χ1) is 7.26. The van der Waals surface area contributed by atoms with Gasteiger partial charge in [-0.3, -0.25) is 9.69 Å². The van der Waals surface area contributed by atoms with E-state index in [0.717, 1.165) is 31.6 Å². The molecule has 0 aliphatic carbocycles. The number of carbonyl (C=O) groups is 1. The third-order valence-corrected chi connectivity index (χ3v) is 3.96. The van der Waals surface area contributed by atoms with Crippen molar-refractivity contribution in [3.05, 3.63) is 21.4 Å². The Morgan fingerprint density at radius 1 is 1.67 bits per heavy atom. The van der Waals surface area contributed by atoms with Crippen LogP contribution in [0.25, 0.3) is 0 Å². The van der Waals surface area contributed by atoms with Gasteiger partial charge in [0.25, 0.3) is 5.91 Å². The topological polar surface area (TPSA) is 32.3 Å². The van der Waals surface area contributed by atoms with Crippen LogP contribution in [0.15, 0.2) is 5.38 Å². The Morgan fingerprint density at radius 3 is 3.13 bits per heavy atom. The van der Waals surface area contributed by atoms with Gasteiger partial charge in [0.15, 0.2) is 0 Å². The lowest BCUT2D eigenvalue weighted by Gasteiger charge is -2.25. The number of likely N-dealkylation sites (N-methyl/N-ethyl adjacent to an activating group) is 1. The summed E-state index contributed by atoms with van der Waals surface area (Å²) in [5, 5.41) is 4.69. The molecule has 1 aromatic heterocycles. The summed E-state index contributed by atoms with van der Waals surface area (Å²) in [5.74, 6) is 0.0532. The van der Waals surface area contributed by atoms with E-state index in [2.05, 4.69) is 17.1 Å². The molecule has 2 heterocycles. The number of rotatable bonds is 2. The first kappa shape index (κ1) is 10.6. The summed E-state index contributed by atoms with van der Waals surface area (Å²) in [6.45, 7) is 5.35. The first-order valence-corrected chi connectivity index (χ1v) is 6.18. The van der Waals surface area contributed by atoms with Crippen molar-refractivity contribution in [1.82, 2.24) is 10.2 Å². The van der Waals surface area contributed by atoms with Gasteiger partial charge in [-0.1, -0.05) is 6.92 Å². The van der Waals surface area contributed by atoms with Gasteiger partial charge < -0.3 is 5.32 Å². The van der Waals surface area contributed by atoms with Gasteiger partial charge >= 0.3 is 0 Å². The van der Waals surface area contributed by atoms with Crippen molar-refractivity contribution in [3.63, 3.8) is 0 Å². The lowest BCUT2D eigenvalue weighted by molar-refractivity contribution is 0.0962. The molecule has 0 fully saturated rings. The average Bonchev–Trinajstić information content (AvgIpc) is 2.70. The van der Waals surface area contributed by atoms with Crippen molar-refractivity contribution in [2.24, 2.45) is 0 Å². The van der Waals surface area contributed by atoms with E-state index in [-0.39, 0.29) is 5.91 Å². The standard InChI is InChI=1S/C11H16N2OS/c1-3-13-5-4-8-9(11(14)12-2)7-15-10(8)6-13/h7H,3-6H2,1-2H3,(H,12,14). The number of amides is 1. The minimum Gasteiger partial charge on any atom is -0.355 e. The largest absolute Gasteiger partial charge is 0.355 e. The molecule has 0 atom stereocenters. The summed E-state index contributed by atoms with van der Waals surface area (Å²) < 4.78 is 0. The third-order valence-electron chi connectivity index (χ3n) is 2.94. The maximum absolute atomic E-state index is 11.6. The highest BCUT2D eigenvalue weighted by Crippen LogP contribution is 2.28. The molecule has 0 radical (unpaired) electrons. The molecule has 4 heteroatoms. The van der Waals surface area contributed by atoms with E-state index < -0.39 is 0 Å². The summed E-state index contributed by atoms with van der Waals surface area (Å²) in [7, 11) is 1.69. The smallest absolute Gasteiger partial charge is 0.252 e. The van der Waals surface area contributed by atoms with Crippen LogP contribution >= 0.6 is 11.3 Å². The van der Waals surface area contributed by atoms with Crippen LogP contribution in [0.3, 0.4) is 0 Å². The molecular weight excluding hydrogens is 208 g/mol. The van der Waals surface area contributed by atoms with Gasteiger partial charge in [-0.25, -0.2) is 0 Å². The monoisotopic (exact) mass is 224 g/mol. The van der Waals surface area contributed by atoms with Crippen LogP contribution in [-0.2, 0) is 13.0 Å². The highest BCUT2D eigenvalue weighted by atomic mass is 32.1. The van der Waals surface area contributed by atoms with E-state index in [1.54, 1.807) is 18.4 Å². The van der Waals surface area contributed by atoms with Gasteiger partial charge in [-0.2, -0.15) is 0 Å². The van der Waals surface area contributed by atoms with Crippen molar-refractivity contribution in [2.75, 3.05) is 20.1 Å². The van der Waals surface area contributed by atoms with Crippen LogP contribution in [0.1, 0.15) is 27.7 Å². The lowest BCUT2D eigenvalue weighted by Crippen LogP contribution is -2.30. The average molecular weight is 224 g/mol. The zero-order chi connectivity index (χ0) is 10.8. The van der Waals surface area contributed by atoms with Crippen LogP contribution in [0, 0.1) is 0 Å². The van der Waals surface area contributed by atoms with Crippen LogP contribution in [0.5, 0.6) is 0 Å². The minimum absolute atomic E-state index is 0.0532. The molecule has 0 bridgehead atoms. The Labute approximate surface area is 94.1 Å². The molecule has 1 aliphatic heterocycles. The highest BCUT2D eigenvalue weighted by molar-refractivity contribution is 7.10. The quantitative estimate of drug-likeness (QED) is 0.825. The lowest BCUT2D eigenvalue weighted by atomic mass is 10.0. The van der Waals surface area contributed by atoms with Crippen LogP contribution in [0.4, 0.5) is 0 Å². The number of nitrogens with one attached hydrogen (secondary N) is 1. The van der Waals surface area contributed by atoms with E-state index in [0.29, 0.717) is 0 Å². The fourth-order valence-corrected chi connectivity index (χ4v) is 3.10. The minimum atomic E-state index is 0.0532. The van der Waals surface area contributed by atoms with Gasteiger partial charge in [0.1, 0.15) is 0 Å². The Morgan fingerprint density at radius 2 is 2.47 bits per heavy atom. The molecule has 2 rings (SSSR count). The van der Waals surface area contributed by atoms with Crippen molar-refractivity contribution >= 4 is 17.2 Å². The fourth-order valence-electron chi connectivity index (χ4n) is 1.98. The van der Waals surface area contributed by atoms with Crippen molar-refractivity contribution in [2.45, 2.75) is 19.9 Å². The van der Waals surface area contributed by atoms with Crippen molar-refractivity contribution < 1.29 is 4.79 Å². The van der Waals surface area contributed by atoms with E-state index in [4.69, 9.17) is 0 Å². The predicted octanol–water partition coefficient (Wildman–Crippen LogP) is 1.49. The SMILES string of the molecule is CCN1CCc2c(C(=O)NC)csc2C1. The Hall–Kier alpha value is -0.870. The second-order valence-corrected chi connectivity index (χ2v) is 4.71. The molecule has 0 spiro atoms. The first-order valence-electron chi connectivity index (χ1n) is 5.30. The molecule has 0 unspecified atom stereocenters. The molecule has 1 aromatic rings. The maximum atomic E-state index is 11.6. The summed E-state index contributed by atoms with van der Waals surface area (Å²) in [6.07, 6.45) is 1.01. The van der Waals surface area contributed by atoms with E-state index in [1.807, 2.05) is 5.38 Å². The number of thiophene rings is 1. The third kappa shape index (κ3) is 1.92. The molecule has 0 saturated heterocycles.